The highest BCUT2D eigenvalue weighted by atomic mass is 35.5. The molecule has 5 rings (SSSR count). The Hall–Kier alpha value is -3.07. The predicted molar refractivity (Wildman–Crippen MR) is 140 cm³/mol. The van der Waals surface area contributed by atoms with E-state index in [1.807, 2.05) is 12.1 Å². The molecule has 1 aliphatic carbocycles. The van der Waals surface area contributed by atoms with Crippen molar-refractivity contribution in [3.63, 3.8) is 0 Å². The lowest BCUT2D eigenvalue weighted by molar-refractivity contribution is -0.132. The van der Waals surface area contributed by atoms with Crippen LogP contribution in [0.2, 0.25) is 5.02 Å². The van der Waals surface area contributed by atoms with Crippen LogP contribution in [0.4, 0.5) is 0 Å². The maximum absolute atomic E-state index is 13.8. The summed E-state index contributed by atoms with van der Waals surface area (Å²) in [5.41, 5.74) is 6.58. The fourth-order valence-electron chi connectivity index (χ4n) is 6.42. The second kappa shape index (κ2) is 10.4. The van der Waals surface area contributed by atoms with Gasteiger partial charge in [-0.3, -0.25) is 19.2 Å². The van der Waals surface area contributed by atoms with E-state index in [-0.39, 0.29) is 29.6 Å². The van der Waals surface area contributed by atoms with Crippen LogP contribution < -0.4 is 16.4 Å². The number of rotatable bonds is 6. The van der Waals surface area contributed by atoms with Crippen molar-refractivity contribution in [1.29, 1.82) is 0 Å². The maximum Gasteiger partial charge on any atom is 0.271 e. The zero-order valence-electron chi connectivity index (χ0n) is 20.9. The molecule has 3 heterocycles. The van der Waals surface area contributed by atoms with E-state index >= 15 is 0 Å². The number of primary amides is 1. The first-order valence-electron chi connectivity index (χ1n) is 13.2. The van der Waals surface area contributed by atoms with Gasteiger partial charge < -0.3 is 26.3 Å². The molecule has 198 valence electrons. The lowest BCUT2D eigenvalue weighted by Gasteiger charge is -2.32. The topological polar surface area (TPSA) is 137 Å². The van der Waals surface area contributed by atoms with Crippen LogP contribution in [-0.4, -0.2) is 58.7 Å². The standard InChI is InChI=1S/C27H34ClN5O4/c28-18-8-4-6-16-12-20(31-22(16)18)26(37)33-15-27(9-2-1-3-10-27)14-21(33)25(36)32-19(23(29)34)13-17-7-5-11-30-24(17)35/h4,6,8,12,17,19,21,31H,1-3,5,7,9-11,13-15H2,(H2,29,34)(H,30,35)(H,32,36)/t17-,19-,21-/m0/s1. The monoisotopic (exact) mass is 527 g/mol. The number of carbonyl (C=O) groups is 4. The lowest BCUT2D eigenvalue weighted by atomic mass is 9.72. The van der Waals surface area contributed by atoms with Gasteiger partial charge in [-0.15, -0.1) is 0 Å². The molecule has 37 heavy (non-hydrogen) atoms. The van der Waals surface area contributed by atoms with Gasteiger partial charge in [-0.05, 0) is 56.1 Å². The van der Waals surface area contributed by atoms with Crippen molar-refractivity contribution >= 4 is 46.1 Å². The van der Waals surface area contributed by atoms with Gasteiger partial charge in [-0.25, -0.2) is 0 Å². The van der Waals surface area contributed by atoms with E-state index in [1.54, 1.807) is 17.0 Å². The summed E-state index contributed by atoms with van der Waals surface area (Å²) in [6, 6.07) is 5.52. The van der Waals surface area contributed by atoms with Crippen molar-refractivity contribution in [2.45, 2.75) is 69.9 Å². The Labute approximate surface area is 220 Å². The third kappa shape index (κ3) is 5.19. The van der Waals surface area contributed by atoms with Gasteiger partial charge in [-0.2, -0.15) is 0 Å². The average molecular weight is 528 g/mol. The molecule has 2 aromatic rings. The molecule has 0 unspecified atom stereocenters. The van der Waals surface area contributed by atoms with Gasteiger partial charge in [0.25, 0.3) is 5.91 Å². The minimum atomic E-state index is -0.979. The molecule has 0 radical (unpaired) electrons. The minimum Gasteiger partial charge on any atom is -0.368 e. The summed E-state index contributed by atoms with van der Waals surface area (Å²) in [7, 11) is 0. The second-order valence-electron chi connectivity index (χ2n) is 10.9. The Morgan fingerprint density at radius 3 is 2.68 bits per heavy atom. The molecule has 1 aromatic carbocycles. The molecule has 0 bridgehead atoms. The number of benzene rings is 1. The van der Waals surface area contributed by atoms with Crippen LogP contribution in [0.5, 0.6) is 0 Å². The minimum absolute atomic E-state index is 0.120. The van der Waals surface area contributed by atoms with Crippen molar-refractivity contribution in [3.8, 4) is 0 Å². The number of piperidine rings is 1. The molecule has 2 aliphatic heterocycles. The number of para-hydroxylation sites is 1. The highest BCUT2D eigenvalue weighted by molar-refractivity contribution is 6.35. The normalized spacial score (nSPS) is 24.1. The molecule has 3 fully saturated rings. The number of nitrogens with two attached hydrogens (primary N) is 1. The summed E-state index contributed by atoms with van der Waals surface area (Å²) in [4.78, 5) is 56.7. The maximum atomic E-state index is 13.8. The second-order valence-corrected chi connectivity index (χ2v) is 11.3. The Kier molecular flexibility index (Phi) is 7.16. The Balaban J connectivity index is 1.39. The van der Waals surface area contributed by atoms with Crippen molar-refractivity contribution in [2.75, 3.05) is 13.1 Å². The number of halogens is 1. The van der Waals surface area contributed by atoms with E-state index in [0.717, 1.165) is 43.9 Å². The van der Waals surface area contributed by atoms with Crippen LogP contribution in [0.25, 0.3) is 10.9 Å². The van der Waals surface area contributed by atoms with Gasteiger partial charge in [0, 0.05) is 24.4 Å². The van der Waals surface area contributed by atoms with Gasteiger partial charge in [0.2, 0.25) is 17.7 Å². The highest BCUT2D eigenvalue weighted by Crippen LogP contribution is 2.46. The van der Waals surface area contributed by atoms with E-state index in [0.29, 0.717) is 42.2 Å². The third-order valence-electron chi connectivity index (χ3n) is 8.40. The fourth-order valence-corrected chi connectivity index (χ4v) is 6.65. The lowest BCUT2D eigenvalue weighted by Crippen LogP contribution is -2.53. The quantitative estimate of drug-likeness (QED) is 0.459. The molecule has 1 saturated carbocycles. The summed E-state index contributed by atoms with van der Waals surface area (Å²) >= 11 is 6.32. The number of amides is 4. The number of nitrogens with zero attached hydrogens (tertiary/aromatic N) is 1. The Bertz CT molecular complexity index is 1220. The molecule has 10 heteroatoms. The number of H-pyrrole nitrogens is 1. The van der Waals surface area contributed by atoms with E-state index in [9.17, 15) is 19.2 Å². The first-order valence-corrected chi connectivity index (χ1v) is 13.6. The number of aromatic amines is 1. The van der Waals surface area contributed by atoms with Gasteiger partial charge in [-0.1, -0.05) is 43.0 Å². The molecule has 3 aliphatic rings. The Morgan fingerprint density at radius 1 is 1.19 bits per heavy atom. The number of hydrogen-bond acceptors (Lipinski definition) is 4. The number of aromatic nitrogens is 1. The SMILES string of the molecule is NC(=O)[C@H](C[C@@H]1CCCNC1=O)NC(=O)[C@@H]1CC2(CCCCC2)CN1C(=O)c1cc2cccc(Cl)c2[nH]1. The number of nitrogens with one attached hydrogen (secondary N) is 3. The molecule has 9 nitrogen and oxygen atoms in total. The Morgan fingerprint density at radius 2 is 1.97 bits per heavy atom. The van der Waals surface area contributed by atoms with Crippen molar-refractivity contribution < 1.29 is 19.2 Å². The summed E-state index contributed by atoms with van der Waals surface area (Å²) in [6.07, 6.45) is 7.36. The first kappa shape index (κ1) is 25.6. The molecule has 3 atom stereocenters. The molecule has 4 amide bonds. The molecule has 2 saturated heterocycles. The average Bonchev–Trinajstić information content (AvgIpc) is 3.48. The van der Waals surface area contributed by atoms with Gasteiger partial charge in [0.1, 0.15) is 17.8 Å². The molecular formula is C27H34ClN5O4. The molecule has 1 spiro atoms. The van der Waals surface area contributed by atoms with Crippen LogP contribution in [0.15, 0.2) is 24.3 Å². The molecule has 5 N–H and O–H groups in total. The summed E-state index contributed by atoms with van der Waals surface area (Å²) in [6.45, 7) is 1.10. The zero-order valence-corrected chi connectivity index (χ0v) is 21.6. The third-order valence-corrected chi connectivity index (χ3v) is 8.72. The van der Waals surface area contributed by atoms with Crippen LogP contribution in [0, 0.1) is 11.3 Å². The van der Waals surface area contributed by atoms with Gasteiger partial charge in [0.15, 0.2) is 0 Å². The summed E-state index contributed by atoms with van der Waals surface area (Å²) in [5, 5.41) is 6.95. The fraction of sp³-hybridized carbons (Fsp3) is 0.556. The highest BCUT2D eigenvalue weighted by Gasteiger charge is 2.49. The first-order chi connectivity index (χ1) is 17.8. The van der Waals surface area contributed by atoms with Crippen LogP contribution in [0.1, 0.15) is 68.3 Å². The predicted octanol–water partition coefficient (Wildman–Crippen LogP) is 2.87. The largest absolute Gasteiger partial charge is 0.368 e. The zero-order chi connectivity index (χ0) is 26.2. The van der Waals surface area contributed by atoms with Crippen molar-refractivity contribution in [3.05, 3.63) is 35.0 Å². The molecular weight excluding hydrogens is 494 g/mol. The number of carbonyl (C=O) groups excluding carboxylic acids is 4. The van der Waals surface area contributed by atoms with Crippen molar-refractivity contribution in [1.82, 2.24) is 20.5 Å². The van der Waals surface area contributed by atoms with Crippen molar-refractivity contribution in [2.24, 2.45) is 17.1 Å². The van der Waals surface area contributed by atoms with E-state index in [2.05, 4.69) is 15.6 Å². The molecule has 1 aromatic heterocycles. The number of fused-ring (bicyclic) bond motifs is 1. The smallest absolute Gasteiger partial charge is 0.271 e. The number of hydrogen-bond donors (Lipinski definition) is 4. The number of likely N-dealkylation sites (tertiary alicyclic amines) is 1. The van der Waals surface area contributed by atoms with Gasteiger partial charge in [0.05, 0.1) is 10.5 Å². The van der Waals surface area contributed by atoms with E-state index < -0.39 is 23.9 Å². The van der Waals surface area contributed by atoms with Gasteiger partial charge >= 0.3 is 0 Å². The van der Waals surface area contributed by atoms with Crippen LogP contribution in [-0.2, 0) is 14.4 Å². The van der Waals surface area contributed by atoms with Crippen LogP contribution >= 0.6 is 11.6 Å². The van der Waals surface area contributed by atoms with E-state index in [4.69, 9.17) is 17.3 Å². The summed E-state index contributed by atoms with van der Waals surface area (Å²) in [5.74, 6) is -1.85. The summed E-state index contributed by atoms with van der Waals surface area (Å²) < 4.78 is 0. The van der Waals surface area contributed by atoms with Crippen LogP contribution in [0.3, 0.4) is 0 Å². The van der Waals surface area contributed by atoms with E-state index in [1.165, 1.54) is 0 Å².